The molecule has 4 heteroatoms. The van der Waals surface area contributed by atoms with Crippen molar-refractivity contribution in [3.05, 3.63) is 59.4 Å². The first-order valence-corrected chi connectivity index (χ1v) is 14.4. The van der Waals surface area contributed by atoms with E-state index in [0.717, 1.165) is 42.9 Å². The summed E-state index contributed by atoms with van der Waals surface area (Å²) in [6.07, 6.45) is 18.4. The second-order valence-electron chi connectivity index (χ2n) is 11.1. The molecule has 0 fully saturated rings. The zero-order valence-corrected chi connectivity index (χ0v) is 23.7. The highest BCUT2D eigenvalue weighted by atomic mass is 16.5. The zero-order chi connectivity index (χ0) is 26.2. The van der Waals surface area contributed by atoms with E-state index in [0.29, 0.717) is 12.1 Å². The van der Waals surface area contributed by atoms with Crippen LogP contribution < -0.4 is 14.6 Å². The van der Waals surface area contributed by atoms with Gasteiger partial charge in [0.15, 0.2) is 12.4 Å². The fourth-order valence-corrected chi connectivity index (χ4v) is 4.45. The van der Waals surface area contributed by atoms with E-state index in [1.807, 2.05) is 18.2 Å². The second kappa shape index (κ2) is 16.4. The third-order valence-electron chi connectivity index (χ3n) is 6.70. The van der Waals surface area contributed by atoms with Gasteiger partial charge in [0.25, 0.3) is 5.91 Å². The maximum Gasteiger partial charge on any atom is 0.251 e. The van der Waals surface area contributed by atoms with Gasteiger partial charge in [-0.25, -0.2) is 4.57 Å². The molecular formula is C32H51N2O2+. The minimum Gasteiger partial charge on any atom is -0.493 e. The molecule has 1 N–H and O–H groups in total. The number of aromatic nitrogens is 1. The Balaban J connectivity index is 1.81. The largest absolute Gasteiger partial charge is 0.493 e. The lowest BCUT2D eigenvalue weighted by Crippen LogP contribution is -2.32. The maximum atomic E-state index is 12.9. The smallest absolute Gasteiger partial charge is 0.251 e. The van der Waals surface area contributed by atoms with Crippen molar-refractivity contribution in [2.45, 2.75) is 124 Å². The van der Waals surface area contributed by atoms with E-state index in [2.05, 4.69) is 69.0 Å². The monoisotopic (exact) mass is 495 g/mol. The van der Waals surface area contributed by atoms with Gasteiger partial charge in [0.2, 0.25) is 0 Å². The quantitative estimate of drug-likeness (QED) is 0.179. The molecule has 0 saturated heterocycles. The molecule has 1 heterocycles. The summed E-state index contributed by atoms with van der Waals surface area (Å²) in [7, 11) is 0. The first kappa shape index (κ1) is 29.9. The van der Waals surface area contributed by atoms with Gasteiger partial charge in [-0.3, -0.25) is 4.79 Å². The lowest BCUT2D eigenvalue weighted by Gasteiger charge is -2.23. The normalized spacial score (nSPS) is 11.5. The molecule has 4 nitrogen and oxygen atoms in total. The number of ether oxygens (including phenoxy) is 1. The Morgan fingerprint density at radius 3 is 2.03 bits per heavy atom. The molecular weight excluding hydrogens is 444 g/mol. The van der Waals surface area contributed by atoms with Gasteiger partial charge in [-0.15, -0.1) is 0 Å². The summed E-state index contributed by atoms with van der Waals surface area (Å²) in [5.74, 6) is 0.852. The number of unbranched alkanes of at least 4 members (excludes halogenated alkanes) is 9. The van der Waals surface area contributed by atoms with E-state index in [-0.39, 0.29) is 11.3 Å². The van der Waals surface area contributed by atoms with Crippen LogP contribution in [-0.2, 0) is 18.5 Å². The molecule has 2 rings (SSSR count). The summed E-state index contributed by atoms with van der Waals surface area (Å²) in [5.41, 5.74) is 2.77. The number of carbonyl (C=O) groups excluding carboxylic acids is 1. The van der Waals surface area contributed by atoms with Gasteiger partial charge in [0.05, 0.1) is 6.61 Å². The highest BCUT2D eigenvalue weighted by Crippen LogP contribution is 2.32. The molecule has 1 amide bonds. The predicted octanol–water partition coefficient (Wildman–Crippen LogP) is 7.91. The van der Waals surface area contributed by atoms with Crippen LogP contribution in [0.3, 0.4) is 0 Å². The van der Waals surface area contributed by atoms with E-state index >= 15 is 0 Å². The van der Waals surface area contributed by atoms with Crippen LogP contribution in [0.25, 0.3) is 0 Å². The van der Waals surface area contributed by atoms with Crippen molar-refractivity contribution < 1.29 is 14.1 Å². The van der Waals surface area contributed by atoms with Crippen molar-refractivity contribution in [3.63, 3.8) is 0 Å². The van der Waals surface area contributed by atoms with E-state index in [1.165, 1.54) is 57.8 Å². The third kappa shape index (κ3) is 11.1. The van der Waals surface area contributed by atoms with Crippen molar-refractivity contribution >= 4 is 5.91 Å². The van der Waals surface area contributed by atoms with Gasteiger partial charge in [-0.2, -0.15) is 0 Å². The van der Waals surface area contributed by atoms with Gasteiger partial charge in [0, 0.05) is 36.2 Å². The highest BCUT2D eigenvalue weighted by molar-refractivity contribution is 5.94. The number of amides is 1. The summed E-state index contributed by atoms with van der Waals surface area (Å²) in [4.78, 5) is 12.9. The summed E-state index contributed by atoms with van der Waals surface area (Å²) in [5, 5.41) is 3.07. The van der Waals surface area contributed by atoms with Crippen LogP contribution in [0.4, 0.5) is 0 Å². The Hall–Kier alpha value is -2.36. The average Bonchev–Trinajstić information content (AvgIpc) is 2.86. The summed E-state index contributed by atoms with van der Waals surface area (Å²) in [6, 6.07) is 10.0. The molecule has 0 aliphatic heterocycles. The van der Waals surface area contributed by atoms with Gasteiger partial charge >= 0.3 is 0 Å². The Labute approximate surface area is 220 Å². The number of rotatable bonds is 17. The van der Waals surface area contributed by atoms with Gasteiger partial charge in [-0.05, 0) is 35.6 Å². The van der Waals surface area contributed by atoms with Crippen LogP contribution in [0.2, 0.25) is 0 Å². The van der Waals surface area contributed by atoms with E-state index in [9.17, 15) is 4.79 Å². The molecule has 1 aromatic heterocycles. The first-order chi connectivity index (χ1) is 17.3. The van der Waals surface area contributed by atoms with Crippen molar-refractivity contribution in [2.24, 2.45) is 0 Å². The van der Waals surface area contributed by atoms with Crippen molar-refractivity contribution in [2.75, 3.05) is 6.61 Å². The molecule has 0 bridgehead atoms. The number of nitrogens with zero attached hydrogens (tertiary/aromatic N) is 1. The Morgan fingerprint density at radius 1 is 0.833 bits per heavy atom. The molecule has 0 saturated carbocycles. The minimum atomic E-state index is -0.101. The number of aryl methyl sites for hydroxylation is 1. The predicted molar refractivity (Wildman–Crippen MR) is 151 cm³/mol. The molecule has 0 atom stereocenters. The summed E-state index contributed by atoms with van der Waals surface area (Å²) >= 11 is 0. The number of benzene rings is 1. The van der Waals surface area contributed by atoms with Crippen LogP contribution >= 0.6 is 0 Å². The van der Waals surface area contributed by atoms with E-state index in [1.54, 1.807) is 0 Å². The average molecular weight is 496 g/mol. The van der Waals surface area contributed by atoms with Crippen molar-refractivity contribution in [3.8, 4) is 5.75 Å². The van der Waals surface area contributed by atoms with Crippen molar-refractivity contribution in [1.29, 1.82) is 0 Å². The first-order valence-electron chi connectivity index (χ1n) is 14.4. The fraction of sp³-hybridized carbons (Fsp3) is 0.625. The topological polar surface area (TPSA) is 42.2 Å². The minimum absolute atomic E-state index is 0.0490. The van der Waals surface area contributed by atoms with Crippen LogP contribution in [0, 0.1) is 0 Å². The summed E-state index contributed by atoms with van der Waals surface area (Å²) < 4.78 is 8.36. The zero-order valence-electron chi connectivity index (χ0n) is 23.7. The molecule has 0 radical (unpaired) electrons. The maximum absolute atomic E-state index is 12.9. The number of hydrogen-bond donors (Lipinski definition) is 1. The molecule has 0 spiro atoms. The molecule has 200 valence electrons. The standard InChI is InChI=1S/C32H50N2O2/c1-6-8-9-10-11-12-13-14-15-16-24-36-30-18-17-28(25-29(30)32(3,4)5)31(35)33-26-27-19-22-34(21-7-2)23-20-27/h17-20,22-23,25H,6-16,21,24,26H2,1-5H3/p+1. The van der Waals surface area contributed by atoms with Crippen LogP contribution in [0.5, 0.6) is 5.75 Å². The van der Waals surface area contributed by atoms with Crippen LogP contribution in [0.1, 0.15) is 127 Å². The number of nitrogens with one attached hydrogen (secondary N) is 1. The Kier molecular flexibility index (Phi) is 13.6. The molecule has 36 heavy (non-hydrogen) atoms. The van der Waals surface area contributed by atoms with Gasteiger partial charge < -0.3 is 10.1 Å². The van der Waals surface area contributed by atoms with Gasteiger partial charge in [0.1, 0.15) is 12.3 Å². The van der Waals surface area contributed by atoms with Crippen LogP contribution in [-0.4, -0.2) is 12.5 Å². The number of carbonyl (C=O) groups is 1. The third-order valence-corrected chi connectivity index (χ3v) is 6.70. The Bertz CT molecular complexity index is 884. The summed E-state index contributed by atoms with van der Waals surface area (Å²) in [6.45, 7) is 13.2. The SMILES string of the molecule is CCCCCCCCCCCCOc1ccc(C(=O)NCc2cc[n+](CCC)cc2)cc1C(C)(C)C. The highest BCUT2D eigenvalue weighted by Gasteiger charge is 2.21. The molecule has 0 aliphatic rings. The Morgan fingerprint density at radius 2 is 1.44 bits per heavy atom. The molecule has 0 aliphatic carbocycles. The fourth-order valence-electron chi connectivity index (χ4n) is 4.45. The second-order valence-corrected chi connectivity index (χ2v) is 11.1. The number of hydrogen-bond acceptors (Lipinski definition) is 2. The number of pyridine rings is 1. The lowest BCUT2D eigenvalue weighted by atomic mass is 9.85. The van der Waals surface area contributed by atoms with Crippen LogP contribution in [0.15, 0.2) is 42.7 Å². The lowest BCUT2D eigenvalue weighted by molar-refractivity contribution is -0.697. The molecule has 1 aromatic carbocycles. The molecule has 0 unspecified atom stereocenters. The van der Waals surface area contributed by atoms with Crippen molar-refractivity contribution in [1.82, 2.24) is 5.32 Å². The molecule has 2 aromatic rings. The van der Waals surface area contributed by atoms with Gasteiger partial charge in [-0.1, -0.05) is 92.4 Å². The van der Waals surface area contributed by atoms with E-state index in [4.69, 9.17) is 4.74 Å². The van der Waals surface area contributed by atoms with E-state index < -0.39 is 0 Å².